The second-order valence-corrected chi connectivity index (χ2v) is 4.63. The van der Waals surface area contributed by atoms with Crippen LogP contribution >= 0.6 is 0 Å². The Labute approximate surface area is 120 Å². The maximum atomic E-state index is 13.7. The van der Waals surface area contributed by atoms with E-state index in [0.717, 1.165) is 0 Å². The van der Waals surface area contributed by atoms with Crippen molar-refractivity contribution < 1.29 is 19.1 Å². The molecule has 0 radical (unpaired) electrons. The van der Waals surface area contributed by atoms with Gasteiger partial charge in [-0.2, -0.15) is 0 Å². The summed E-state index contributed by atoms with van der Waals surface area (Å²) in [5, 5.41) is 11.4. The molecule has 0 spiro atoms. The lowest BCUT2D eigenvalue weighted by Crippen LogP contribution is -2.42. The molecule has 110 valence electrons. The van der Waals surface area contributed by atoms with Crippen molar-refractivity contribution in [1.82, 2.24) is 15.3 Å². The van der Waals surface area contributed by atoms with E-state index < -0.39 is 23.7 Å². The van der Waals surface area contributed by atoms with Crippen LogP contribution in [0.15, 0.2) is 30.7 Å². The first-order valence-electron chi connectivity index (χ1n) is 6.24. The number of aromatic nitrogens is 2. The molecule has 7 heteroatoms. The van der Waals surface area contributed by atoms with Crippen molar-refractivity contribution in [3.8, 4) is 0 Å². The summed E-state index contributed by atoms with van der Waals surface area (Å²) in [6.07, 6.45) is 2.92. The molecule has 0 saturated carbocycles. The molecule has 1 heterocycles. The predicted octanol–water partition coefficient (Wildman–Crippen LogP) is 1.28. The molecular weight excluding hydrogens is 277 g/mol. The fraction of sp³-hybridized carbons (Fsp3) is 0.214. The number of H-pyrrole nitrogens is 1. The number of amides is 1. The quantitative estimate of drug-likeness (QED) is 0.773. The molecule has 0 aliphatic rings. The molecule has 0 aliphatic carbocycles. The molecule has 0 aliphatic heterocycles. The Morgan fingerprint density at radius 3 is 2.81 bits per heavy atom. The zero-order valence-corrected chi connectivity index (χ0v) is 11.3. The Morgan fingerprint density at radius 2 is 2.24 bits per heavy atom. The summed E-state index contributed by atoms with van der Waals surface area (Å²) in [6.45, 7) is 1.70. The first kappa shape index (κ1) is 14.7. The molecule has 1 aromatic carbocycles. The van der Waals surface area contributed by atoms with E-state index in [9.17, 15) is 14.0 Å². The third-order valence-corrected chi connectivity index (χ3v) is 2.95. The lowest BCUT2D eigenvalue weighted by molar-refractivity contribution is -0.139. The van der Waals surface area contributed by atoms with Crippen LogP contribution in [0.1, 0.15) is 21.6 Å². The van der Waals surface area contributed by atoms with Gasteiger partial charge in [-0.05, 0) is 24.6 Å². The molecule has 1 aromatic heterocycles. The summed E-state index contributed by atoms with van der Waals surface area (Å²) in [7, 11) is 0. The molecule has 1 amide bonds. The second-order valence-electron chi connectivity index (χ2n) is 4.63. The Morgan fingerprint density at radius 1 is 1.48 bits per heavy atom. The maximum absolute atomic E-state index is 13.7. The summed E-state index contributed by atoms with van der Waals surface area (Å²) in [5.74, 6) is -2.65. The predicted molar refractivity (Wildman–Crippen MR) is 72.3 cm³/mol. The van der Waals surface area contributed by atoms with Gasteiger partial charge in [0.2, 0.25) is 0 Å². The standard InChI is InChI=1S/C14H14FN3O3/c1-8-2-3-10(11(15)4-8)13(19)18-12(14(20)21)5-9-6-16-7-17-9/h2-4,6-7,12H,5H2,1H3,(H,16,17)(H,18,19)(H,20,21). The monoisotopic (exact) mass is 291 g/mol. The zero-order chi connectivity index (χ0) is 15.4. The van der Waals surface area contributed by atoms with Crippen LogP contribution in [0.25, 0.3) is 0 Å². The van der Waals surface area contributed by atoms with Crippen molar-refractivity contribution in [3.05, 3.63) is 53.4 Å². The van der Waals surface area contributed by atoms with Gasteiger partial charge in [0.1, 0.15) is 11.9 Å². The molecule has 0 fully saturated rings. The topological polar surface area (TPSA) is 95.1 Å². The number of carboxylic acid groups (broad SMARTS) is 1. The van der Waals surface area contributed by atoms with Crippen LogP contribution in [0.4, 0.5) is 4.39 Å². The molecule has 2 aromatic rings. The van der Waals surface area contributed by atoms with Crippen LogP contribution in [0.3, 0.4) is 0 Å². The Kier molecular flexibility index (Phi) is 4.32. The van der Waals surface area contributed by atoms with Gasteiger partial charge < -0.3 is 15.4 Å². The highest BCUT2D eigenvalue weighted by molar-refractivity contribution is 5.96. The van der Waals surface area contributed by atoms with E-state index >= 15 is 0 Å². The van der Waals surface area contributed by atoms with E-state index in [1.165, 1.54) is 24.7 Å². The number of aliphatic carboxylic acids is 1. The van der Waals surface area contributed by atoms with Gasteiger partial charge >= 0.3 is 5.97 Å². The zero-order valence-electron chi connectivity index (χ0n) is 11.3. The first-order chi connectivity index (χ1) is 9.97. The van der Waals surface area contributed by atoms with E-state index in [1.807, 2.05) is 0 Å². The highest BCUT2D eigenvalue weighted by atomic mass is 19.1. The minimum absolute atomic E-state index is 0.0363. The number of aromatic amines is 1. The number of halogens is 1. The van der Waals surface area contributed by atoms with Crippen LogP contribution in [0.2, 0.25) is 0 Å². The number of hydrogen-bond acceptors (Lipinski definition) is 3. The van der Waals surface area contributed by atoms with Gasteiger partial charge in [0.25, 0.3) is 5.91 Å². The van der Waals surface area contributed by atoms with Crippen molar-refractivity contribution in [2.75, 3.05) is 0 Å². The number of nitrogens with zero attached hydrogens (tertiary/aromatic N) is 1. The van der Waals surface area contributed by atoms with Crippen molar-refractivity contribution in [2.24, 2.45) is 0 Å². The lowest BCUT2D eigenvalue weighted by Gasteiger charge is -2.14. The smallest absolute Gasteiger partial charge is 0.326 e. The Balaban J connectivity index is 2.12. The molecule has 0 bridgehead atoms. The molecule has 0 saturated heterocycles. The summed E-state index contributed by atoms with van der Waals surface area (Å²) in [4.78, 5) is 29.7. The van der Waals surface area contributed by atoms with Gasteiger partial charge in [-0.15, -0.1) is 0 Å². The summed E-state index contributed by atoms with van der Waals surface area (Å²) >= 11 is 0. The van der Waals surface area contributed by atoms with Crippen molar-refractivity contribution in [2.45, 2.75) is 19.4 Å². The normalized spacial score (nSPS) is 11.9. The molecule has 3 N–H and O–H groups in total. The van der Waals surface area contributed by atoms with Crippen LogP contribution in [0.5, 0.6) is 0 Å². The Bertz CT molecular complexity index is 655. The average Bonchev–Trinajstić information content (AvgIpc) is 2.90. The van der Waals surface area contributed by atoms with Crippen molar-refractivity contribution in [1.29, 1.82) is 0 Å². The highest BCUT2D eigenvalue weighted by Crippen LogP contribution is 2.10. The molecule has 1 unspecified atom stereocenters. The SMILES string of the molecule is Cc1ccc(C(=O)NC(Cc2cnc[nH]2)C(=O)O)c(F)c1. The van der Waals surface area contributed by atoms with E-state index in [1.54, 1.807) is 13.0 Å². The molecule has 21 heavy (non-hydrogen) atoms. The average molecular weight is 291 g/mol. The number of hydrogen-bond donors (Lipinski definition) is 3. The number of carbonyl (C=O) groups is 2. The summed E-state index contributed by atoms with van der Waals surface area (Å²) in [5.41, 5.74) is 1.06. The number of nitrogens with one attached hydrogen (secondary N) is 2. The number of rotatable bonds is 5. The fourth-order valence-electron chi connectivity index (χ4n) is 1.86. The molecule has 6 nitrogen and oxygen atoms in total. The van der Waals surface area contributed by atoms with Crippen molar-refractivity contribution >= 4 is 11.9 Å². The van der Waals surface area contributed by atoms with Crippen LogP contribution in [0, 0.1) is 12.7 Å². The van der Waals surface area contributed by atoms with Crippen molar-refractivity contribution in [3.63, 3.8) is 0 Å². The van der Waals surface area contributed by atoms with Gasteiger partial charge in [-0.1, -0.05) is 6.07 Å². The van der Waals surface area contributed by atoms with E-state index in [2.05, 4.69) is 15.3 Å². The Hall–Kier alpha value is -2.70. The van der Waals surface area contributed by atoms with E-state index in [0.29, 0.717) is 11.3 Å². The number of carboxylic acids is 1. The van der Waals surface area contributed by atoms with Gasteiger partial charge in [0.15, 0.2) is 0 Å². The van der Waals surface area contributed by atoms with E-state index in [-0.39, 0.29) is 12.0 Å². The van der Waals surface area contributed by atoms with Gasteiger partial charge in [0.05, 0.1) is 11.9 Å². The minimum atomic E-state index is -1.20. The highest BCUT2D eigenvalue weighted by Gasteiger charge is 2.23. The first-order valence-corrected chi connectivity index (χ1v) is 6.24. The minimum Gasteiger partial charge on any atom is -0.480 e. The fourth-order valence-corrected chi connectivity index (χ4v) is 1.86. The van der Waals surface area contributed by atoms with E-state index in [4.69, 9.17) is 5.11 Å². The lowest BCUT2D eigenvalue weighted by atomic mass is 10.1. The molecule has 2 rings (SSSR count). The van der Waals surface area contributed by atoms with Gasteiger partial charge in [0, 0.05) is 18.3 Å². The summed E-state index contributed by atoms with van der Waals surface area (Å²) < 4.78 is 13.7. The van der Waals surface area contributed by atoms with Crippen LogP contribution < -0.4 is 5.32 Å². The van der Waals surface area contributed by atoms with Gasteiger partial charge in [-0.25, -0.2) is 14.2 Å². The maximum Gasteiger partial charge on any atom is 0.326 e. The number of aryl methyl sites for hydroxylation is 1. The third kappa shape index (κ3) is 3.65. The second kappa shape index (κ2) is 6.17. The van der Waals surface area contributed by atoms with Crippen LogP contribution in [-0.2, 0) is 11.2 Å². The largest absolute Gasteiger partial charge is 0.480 e. The van der Waals surface area contributed by atoms with Crippen LogP contribution in [-0.4, -0.2) is 33.0 Å². The summed E-state index contributed by atoms with van der Waals surface area (Å²) in [6, 6.07) is 2.97. The number of carbonyl (C=O) groups excluding carboxylic acids is 1. The molecule has 1 atom stereocenters. The molecular formula is C14H14FN3O3. The number of imidazole rings is 1. The van der Waals surface area contributed by atoms with Gasteiger partial charge in [-0.3, -0.25) is 4.79 Å². The number of benzene rings is 1. The third-order valence-electron chi connectivity index (χ3n) is 2.95.